The molecule has 0 aliphatic heterocycles. The van der Waals surface area contributed by atoms with Gasteiger partial charge in [0.05, 0.1) is 0 Å². The zero-order chi connectivity index (χ0) is 9.12. The van der Waals surface area contributed by atoms with Crippen molar-refractivity contribution in [3.8, 4) is 0 Å². The Morgan fingerprint density at radius 3 is 1.36 bits per heavy atom. The molecule has 4 bridgehead atoms. The Labute approximate surface area is 86.1 Å². The van der Waals surface area contributed by atoms with Crippen LogP contribution in [0.4, 0.5) is 0 Å². The molecule has 14 heavy (non-hydrogen) atoms. The van der Waals surface area contributed by atoms with Gasteiger partial charge >= 0.3 is 0 Å². The van der Waals surface area contributed by atoms with Gasteiger partial charge < -0.3 is 0 Å². The largest absolute Gasteiger partial charge is 0.0851 e. The first-order valence-electron chi connectivity index (χ1n) is 6.27. The van der Waals surface area contributed by atoms with Crippen molar-refractivity contribution in [2.24, 2.45) is 35.5 Å². The van der Waals surface area contributed by atoms with Crippen molar-refractivity contribution in [3.05, 3.63) is 24.3 Å². The van der Waals surface area contributed by atoms with Gasteiger partial charge in [0.15, 0.2) is 0 Å². The van der Waals surface area contributed by atoms with E-state index >= 15 is 0 Å². The molecule has 0 heteroatoms. The second-order valence-electron chi connectivity index (χ2n) is 5.89. The van der Waals surface area contributed by atoms with Gasteiger partial charge in [0.25, 0.3) is 0 Å². The fraction of sp³-hybridized carbons (Fsp3) is 0.714. The van der Waals surface area contributed by atoms with E-state index in [2.05, 4.69) is 24.3 Å². The highest BCUT2D eigenvalue weighted by atomic mass is 14.5. The summed E-state index contributed by atoms with van der Waals surface area (Å²) in [6.45, 7) is 0. The predicted molar refractivity (Wildman–Crippen MR) is 57.7 cm³/mol. The molecule has 4 rings (SSSR count). The number of hydrogen-bond donors (Lipinski definition) is 0. The first-order chi connectivity index (χ1) is 6.90. The van der Waals surface area contributed by atoms with Crippen molar-refractivity contribution in [1.82, 2.24) is 0 Å². The van der Waals surface area contributed by atoms with E-state index in [9.17, 15) is 0 Å². The van der Waals surface area contributed by atoms with Gasteiger partial charge in [0.1, 0.15) is 0 Å². The van der Waals surface area contributed by atoms with Crippen LogP contribution >= 0.6 is 0 Å². The van der Waals surface area contributed by atoms with Gasteiger partial charge in [-0.15, -0.1) is 0 Å². The van der Waals surface area contributed by atoms with Crippen molar-refractivity contribution in [1.29, 1.82) is 0 Å². The summed E-state index contributed by atoms with van der Waals surface area (Å²) < 4.78 is 0. The summed E-state index contributed by atoms with van der Waals surface area (Å²) in [6.07, 6.45) is 16.0. The van der Waals surface area contributed by atoms with E-state index in [-0.39, 0.29) is 0 Å². The minimum Gasteiger partial charge on any atom is -0.0851 e. The lowest BCUT2D eigenvalue weighted by atomic mass is 9.75. The van der Waals surface area contributed by atoms with Gasteiger partial charge in [-0.05, 0) is 61.2 Å². The van der Waals surface area contributed by atoms with Crippen molar-refractivity contribution < 1.29 is 0 Å². The molecule has 2 fully saturated rings. The lowest BCUT2D eigenvalue weighted by Gasteiger charge is -2.29. The highest BCUT2D eigenvalue weighted by Crippen LogP contribution is 2.55. The van der Waals surface area contributed by atoms with Gasteiger partial charge in [0, 0.05) is 0 Å². The monoisotopic (exact) mass is 186 g/mol. The number of rotatable bonds is 1. The minimum atomic E-state index is 0.966. The normalized spacial score (nSPS) is 57.7. The third-order valence-electron chi connectivity index (χ3n) is 5.21. The van der Waals surface area contributed by atoms with E-state index in [1.807, 2.05) is 0 Å². The van der Waals surface area contributed by atoms with E-state index < -0.39 is 0 Å². The summed E-state index contributed by atoms with van der Waals surface area (Å²) in [6, 6.07) is 0. The maximum Gasteiger partial charge on any atom is -0.0196 e. The van der Waals surface area contributed by atoms with Crippen LogP contribution in [0.5, 0.6) is 0 Å². The van der Waals surface area contributed by atoms with Gasteiger partial charge in [-0.1, -0.05) is 24.3 Å². The number of allylic oxidation sites excluding steroid dienone is 4. The molecule has 0 nitrogen and oxygen atoms in total. The molecule has 0 aromatic carbocycles. The fourth-order valence-corrected chi connectivity index (χ4v) is 4.63. The molecule has 0 N–H and O–H groups in total. The molecule has 2 unspecified atom stereocenters. The average Bonchev–Trinajstić information content (AvgIpc) is 2.96. The van der Waals surface area contributed by atoms with Crippen LogP contribution in [0.2, 0.25) is 0 Å². The van der Waals surface area contributed by atoms with Crippen LogP contribution in [0.3, 0.4) is 0 Å². The summed E-state index contributed by atoms with van der Waals surface area (Å²) in [4.78, 5) is 0. The van der Waals surface area contributed by atoms with Crippen molar-refractivity contribution in [2.75, 3.05) is 0 Å². The molecule has 6 atom stereocenters. The topological polar surface area (TPSA) is 0 Å². The van der Waals surface area contributed by atoms with Gasteiger partial charge in [-0.3, -0.25) is 0 Å². The molecule has 0 amide bonds. The summed E-state index contributed by atoms with van der Waals surface area (Å²) in [5.41, 5.74) is 0. The second kappa shape index (κ2) is 2.53. The predicted octanol–water partition coefficient (Wildman–Crippen LogP) is 3.41. The molecule has 4 aliphatic carbocycles. The average molecular weight is 186 g/mol. The summed E-state index contributed by atoms with van der Waals surface area (Å²) in [5, 5.41) is 0. The number of fused-ring (bicyclic) bond motifs is 4. The summed E-state index contributed by atoms with van der Waals surface area (Å²) in [5.74, 6) is 5.99. The quantitative estimate of drug-likeness (QED) is 0.550. The van der Waals surface area contributed by atoms with Crippen molar-refractivity contribution >= 4 is 0 Å². The molecule has 4 aliphatic rings. The Morgan fingerprint density at radius 1 is 0.571 bits per heavy atom. The van der Waals surface area contributed by atoms with E-state index in [0.29, 0.717) is 0 Å². The molecule has 0 spiro atoms. The van der Waals surface area contributed by atoms with Crippen LogP contribution in [-0.4, -0.2) is 0 Å². The molecule has 0 radical (unpaired) electrons. The van der Waals surface area contributed by atoms with Crippen LogP contribution in [0.25, 0.3) is 0 Å². The smallest absolute Gasteiger partial charge is 0.0196 e. The molecule has 0 heterocycles. The standard InChI is InChI=1S/C14H18/c1-3-11-5-9(1)7-13(11)14-8-10-2-4-12(14)6-10/h1-4,9-14H,5-8H2/t9-,10-,11+,12+,13?,14?/m1/s1. The Balaban J connectivity index is 1.60. The number of hydrogen-bond acceptors (Lipinski definition) is 0. The molecule has 74 valence electrons. The Hall–Kier alpha value is -0.520. The Kier molecular flexibility index (Phi) is 1.40. The first-order valence-corrected chi connectivity index (χ1v) is 6.27. The van der Waals surface area contributed by atoms with Crippen LogP contribution in [0, 0.1) is 35.5 Å². The Morgan fingerprint density at radius 2 is 1.07 bits per heavy atom. The van der Waals surface area contributed by atoms with E-state index in [4.69, 9.17) is 0 Å². The maximum atomic E-state index is 2.52. The van der Waals surface area contributed by atoms with E-state index in [0.717, 1.165) is 35.5 Å². The summed E-state index contributed by atoms with van der Waals surface area (Å²) in [7, 11) is 0. The molecular weight excluding hydrogens is 168 g/mol. The molecule has 0 aromatic rings. The fourth-order valence-electron chi connectivity index (χ4n) is 4.63. The van der Waals surface area contributed by atoms with Gasteiger partial charge in [-0.2, -0.15) is 0 Å². The van der Waals surface area contributed by atoms with E-state index in [1.165, 1.54) is 25.7 Å². The zero-order valence-electron chi connectivity index (χ0n) is 8.60. The van der Waals surface area contributed by atoms with Gasteiger partial charge in [-0.25, -0.2) is 0 Å². The van der Waals surface area contributed by atoms with Gasteiger partial charge in [0.2, 0.25) is 0 Å². The van der Waals surface area contributed by atoms with Crippen molar-refractivity contribution in [2.45, 2.75) is 25.7 Å². The molecule has 2 saturated carbocycles. The minimum absolute atomic E-state index is 0.966. The first kappa shape index (κ1) is 7.73. The third-order valence-corrected chi connectivity index (χ3v) is 5.21. The Bertz CT molecular complexity index is 280. The lowest BCUT2D eigenvalue weighted by molar-refractivity contribution is 0.249. The zero-order valence-corrected chi connectivity index (χ0v) is 8.60. The SMILES string of the molecule is C1=C[C@H]2C[C@@H]1CC2C1C[C@@H]2C=C[C@H]1C2. The van der Waals surface area contributed by atoms with Crippen LogP contribution in [0.15, 0.2) is 24.3 Å². The molecular formula is C14H18. The third kappa shape index (κ3) is 0.898. The molecule has 0 aromatic heterocycles. The molecule has 0 saturated heterocycles. The lowest BCUT2D eigenvalue weighted by Crippen LogP contribution is -2.22. The van der Waals surface area contributed by atoms with Crippen LogP contribution in [0.1, 0.15) is 25.7 Å². The van der Waals surface area contributed by atoms with E-state index in [1.54, 1.807) is 0 Å². The maximum absolute atomic E-state index is 2.52. The van der Waals surface area contributed by atoms with Crippen LogP contribution in [-0.2, 0) is 0 Å². The van der Waals surface area contributed by atoms with Crippen molar-refractivity contribution in [3.63, 3.8) is 0 Å². The van der Waals surface area contributed by atoms with Crippen LogP contribution < -0.4 is 0 Å². The second-order valence-corrected chi connectivity index (χ2v) is 5.89. The summed E-state index contributed by atoms with van der Waals surface area (Å²) >= 11 is 0. The highest BCUT2D eigenvalue weighted by molar-refractivity contribution is 5.17. The highest BCUT2D eigenvalue weighted by Gasteiger charge is 2.46.